The number of carbonyl (C=O) groups excluding carboxylic acids is 1. The molecular formula is C15H10ClIN2OS. The summed E-state index contributed by atoms with van der Waals surface area (Å²) in [5.74, 6) is -0.200. The lowest BCUT2D eigenvalue weighted by molar-refractivity contribution is 0.103. The van der Waals surface area contributed by atoms with Crippen molar-refractivity contribution in [3.05, 3.63) is 55.9 Å². The van der Waals surface area contributed by atoms with Crippen LogP contribution in [-0.2, 0) is 0 Å². The normalized spacial score (nSPS) is 10.8. The lowest BCUT2D eigenvalue weighted by atomic mass is 10.2. The first kappa shape index (κ1) is 14.6. The number of hydrogen-bond acceptors (Lipinski definition) is 3. The standard InChI is InChI=1S/C15H10ClIN2OS/c16-8-5-6-12-9(7-8)13(18)14(21-12)15(20)19-11-4-2-1-3-10(11)17/h1-7H,18H2,(H,19,20). The van der Waals surface area contributed by atoms with Gasteiger partial charge in [-0.1, -0.05) is 23.7 Å². The molecule has 0 aliphatic heterocycles. The number of hydrogen-bond donors (Lipinski definition) is 2. The number of benzene rings is 2. The molecule has 0 fully saturated rings. The van der Waals surface area contributed by atoms with Gasteiger partial charge in [-0.2, -0.15) is 0 Å². The summed E-state index contributed by atoms with van der Waals surface area (Å²) < 4.78 is 1.93. The van der Waals surface area contributed by atoms with Gasteiger partial charge in [0.2, 0.25) is 0 Å². The Hall–Kier alpha value is -1.31. The van der Waals surface area contributed by atoms with Crippen molar-refractivity contribution in [2.45, 2.75) is 0 Å². The number of para-hydroxylation sites is 1. The van der Waals surface area contributed by atoms with Crippen molar-refractivity contribution in [1.82, 2.24) is 0 Å². The lowest BCUT2D eigenvalue weighted by Crippen LogP contribution is -2.12. The molecule has 1 heterocycles. The number of rotatable bonds is 2. The van der Waals surface area contributed by atoms with Crippen molar-refractivity contribution in [3.63, 3.8) is 0 Å². The highest BCUT2D eigenvalue weighted by molar-refractivity contribution is 14.1. The van der Waals surface area contributed by atoms with Gasteiger partial charge in [-0.25, -0.2) is 0 Å². The third kappa shape index (κ3) is 2.86. The molecule has 6 heteroatoms. The molecule has 3 aromatic rings. The Morgan fingerprint density at radius 2 is 2.00 bits per heavy atom. The van der Waals surface area contributed by atoms with E-state index in [0.717, 1.165) is 19.3 Å². The molecule has 0 unspecified atom stereocenters. The van der Waals surface area contributed by atoms with Crippen molar-refractivity contribution < 1.29 is 4.79 Å². The first-order valence-corrected chi connectivity index (χ1v) is 8.37. The highest BCUT2D eigenvalue weighted by Crippen LogP contribution is 2.35. The number of thiophene rings is 1. The Kier molecular flexibility index (Phi) is 4.05. The Labute approximate surface area is 144 Å². The average molecular weight is 429 g/mol. The van der Waals surface area contributed by atoms with E-state index in [4.69, 9.17) is 17.3 Å². The molecule has 0 saturated carbocycles. The van der Waals surface area contributed by atoms with Crippen molar-refractivity contribution in [2.75, 3.05) is 11.1 Å². The minimum absolute atomic E-state index is 0.200. The van der Waals surface area contributed by atoms with Crippen molar-refractivity contribution >= 4 is 72.9 Å². The van der Waals surface area contributed by atoms with Crippen LogP contribution in [0.3, 0.4) is 0 Å². The van der Waals surface area contributed by atoms with Crippen LogP contribution in [0.5, 0.6) is 0 Å². The van der Waals surface area contributed by atoms with Crippen molar-refractivity contribution in [3.8, 4) is 0 Å². The molecule has 0 bridgehead atoms. The van der Waals surface area contributed by atoms with Crippen LogP contribution in [0.25, 0.3) is 10.1 Å². The van der Waals surface area contributed by atoms with E-state index >= 15 is 0 Å². The van der Waals surface area contributed by atoms with Crippen LogP contribution in [0.2, 0.25) is 5.02 Å². The second kappa shape index (κ2) is 5.82. The number of fused-ring (bicyclic) bond motifs is 1. The zero-order valence-corrected chi connectivity index (χ0v) is 14.4. The largest absolute Gasteiger partial charge is 0.397 e. The molecule has 3 rings (SSSR count). The maximum absolute atomic E-state index is 12.4. The minimum Gasteiger partial charge on any atom is -0.397 e. The van der Waals surface area contributed by atoms with Gasteiger partial charge in [0.05, 0.1) is 11.4 Å². The molecule has 0 aliphatic carbocycles. The molecule has 21 heavy (non-hydrogen) atoms. The fourth-order valence-corrected chi connectivity index (χ4v) is 3.69. The van der Waals surface area contributed by atoms with Gasteiger partial charge in [0, 0.05) is 18.7 Å². The monoisotopic (exact) mass is 428 g/mol. The summed E-state index contributed by atoms with van der Waals surface area (Å²) in [5, 5.41) is 4.32. The molecule has 0 aliphatic rings. The van der Waals surface area contributed by atoms with Gasteiger partial charge in [-0.3, -0.25) is 4.79 Å². The van der Waals surface area contributed by atoms with E-state index in [1.54, 1.807) is 12.1 Å². The number of nitrogens with one attached hydrogen (secondary N) is 1. The molecule has 106 valence electrons. The second-order valence-corrected chi connectivity index (χ2v) is 7.07. The van der Waals surface area contributed by atoms with Gasteiger partial charge >= 0.3 is 0 Å². The van der Waals surface area contributed by atoms with E-state index in [1.807, 2.05) is 30.3 Å². The molecule has 0 saturated heterocycles. The van der Waals surface area contributed by atoms with Crippen LogP contribution < -0.4 is 11.1 Å². The summed E-state index contributed by atoms with van der Waals surface area (Å²) in [4.78, 5) is 12.9. The minimum atomic E-state index is -0.200. The highest BCUT2D eigenvalue weighted by atomic mass is 127. The molecule has 1 aromatic heterocycles. The van der Waals surface area contributed by atoms with Gasteiger partial charge < -0.3 is 11.1 Å². The Morgan fingerprint density at radius 3 is 2.76 bits per heavy atom. The molecule has 3 N–H and O–H groups in total. The van der Waals surface area contributed by atoms with Gasteiger partial charge in [-0.05, 0) is 52.9 Å². The van der Waals surface area contributed by atoms with Crippen molar-refractivity contribution in [1.29, 1.82) is 0 Å². The van der Waals surface area contributed by atoms with E-state index in [1.165, 1.54) is 11.3 Å². The van der Waals surface area contributed by atoms with Crippen LogP contribution in [0.4, 0.5) is 11.4 Å². The van der Waals surface area contributed by atoms with Gasteiger partial charge in [-0.15, -0.1) is 11.3 Å². The van der Waals surface area contributed by atoms with Crippen LogP contribution >= 0.6 is 45.5 Å². The third-order valence-electron chi connectivity index (χ3n) is 3.02. The fourth-order valence-electron chi connectivity index (χ4n) is 2.00. The fraction of sp³-hybridized carbons (Fsp3) is 0. The molecular weight excluding hydrogens is 419 g/mol. The van der Waals surface area contributed by atoms with E-state index in [0.29, 0.717) is 15.6 Å². The Bertz CT molecular complexity index is 847. The summed E-state index contributed by atoms with van der Waals surface area (Å²) in [6, 6.07) is 13.1. The quantitative estimate of drug-likeness (QED) is 0.565. The summed E-state index contributed by atoms with van der Waals surface area (Å²) in [7, 11) is 0. The number of amides is 1. The predicted octanol–water partition coefficient (Wildman–Crippen LogP) is 4.99. The SMILES string of the molecule is Nc1c(C(=O)Nc2ccccc2I)sc2ccc(Cl)cc12. The molecule has 2 aromatic carbocycles. The van der Waals surface area contributed by atoms with E-state index in [2.05, 4.69) is 27.9 Å². The molecule has 0 radical (unpaired) electrons. The first-order valence-electron chi connectivity index (χ1n) is 6.09. The second-order valence-electron chi connectivity index (χ2n) is 4.42. The molecule has 1 amide bonds. The van der Waals surface area contributed by atoms with Gasteiger partial charge in [0.1, 0.15) is 4.88 Å². The Balaban J connectivity index is 1.99. The van der Waals surface area contributed by atoms with E-state index < -0.39 is 0 Å². The summed E-state index contributed by atoms with van der Waals surface area (Å²) in [6.07, 6.45) is 0. The number of nitrogens with two attached hydrogens (primary N) is 1. The molecule has 0 spiro atoms. The zero-order chi connectivity index (χ0) is 15.0. The molecule has 3 nitrogen and oxygen atoms in total. The Morgan fingerprint density at radius 1 is 1.24 bits per heavy atom. The summed E-state index contributed by atoms with van der Waals surface area (Å²) in [5.41, 5.74) is 7.34. The number of halogens is 2. The average Bonchev–Trinajstić information content (AvgIpc) is 2.79. The van der Waals surface area contributed by atoms with Crippen LogP contribution in [0.15, 0.2) is 42.5 Å². The number of nitrogen functional groups attached to an aromatic ring is 1. The van der Waals surface area contributed by atoms with Crippen LogP contribution in [0.1, 0.15) is 9.67 Å². The first-order chi connectivity index (χ1) is 10.1. The van der Waals surface area contributed by atoms with Crippen LogP contribution in [0, 0.1) is 3.57 Å². The topological polar surface area (TPSA) is 55.1 Å². The highest BCUT2D eigenvalue weighted by Gasteiger charge is 2.17. The maximum Gasteiger partial charge on any atom is 0.267 e. The third-order valence-corrected chi connectivity index (χ3v) is 5.38. The van der Waals surface area contributed by atoms with Gasteiger partial charge in [0.25, 0.3) is 5.91 Å². The number of carbonyl (C=O) groups is 1. The summed E-state index contributed by atoms with van der Waals surface area (Å²) >= 11 is 9.53. The molecule has 0 atom stereocenters. The van der Waals surface area contributed by atoms with E-state index in [9.17, 15) is 4.79 Å². The van der Waals surface area contributed by atoms with E-state index in [-0.39, 0.29) is 5.91 Å². The van der Waals surface area contributed by atoms with Crippen molar-refractivity contribution in [2.24, 2.45) is 0 Å². The predicted molar refractivity (Wildman–Crippen MR) is 98.4 cm³/mol. The van der Waals surface area contributed by atoms with Gasteiger partial charge in [0.15, 0.2) is 0 Å². The summed E-state index contributed by atoms with van der Waals surface area (Å²) in [6.45, 7) is 0. The smallest absolute Gasteiger partial charge is 0.267 e. The maximum atomic E-state index is 12.4. The number of anilines is 2. The lowest BCUT2D eigenvalue weighted by Gasteiger charge is -2.06. The zero-order valence-electron chi connectivity index (χ0n) is 10.7. The van der Waals surface area contributed by atoms with Crippen LogP contribution in [-0.4, -0.2) is 5.91 Å².